The van der Waals surface area contributed by atoms with Gasteiger partial charge in [0, 0.05) is 0 Å². The number of carbonyl (C=O) groups excluding carboxylic acids is 1. The molecule has 0 radical (unpaired) electrons. The highest BCUT2D eigenvalue weighted by Crippen LogP contribution is 2.33. The molecule has 1 aliphatic carbocycles. The van der Waals surface area contributed by atoms with Gasteiger partial charge in [0.2, 0.25) is 0 Å². The topological polar surface area (TPSA) is 38.3 Å². The molecule has 0 unspecified atom stereocenters. The smallest absolute Gasteiger partial charge is 0.323 e. The third-order valence-corrected chi connectivity index (χ3v) is 4.34. The van der Waals surface area contributed by atoms with Crippen LogP contribution in [0.25, 0.3) is 0 Å². The monoisotopic (exact) mass is 239 g/mol. The largest absolute Gasteiger partial charge is 0.465 e. The summed E-state index contributed by atoms with van der Waals surface area (Å²) in [4.78, 5) is 11.6. The highest BCUT2D eigenvalue weighted by molar-refractivity contribution is 5.75. The van der Waals surface area contributed by atoms with Crippen LogP contribution in [0.5, 0.6) is 0 Å². The Morgan fingerprint density at radius 3 is 2.47 bits per heavy atom. The number of nitrogens with one attached hydrogen (secondary N) is 1. The number of ether oxygens (including phenoxy) is 1. The molecule has 1 saturated carbocycles. The molecule has 0 aromatic rings. The maximum Gasteiger partial charge on any atom is 0.323 e. The lowest BCUT2D eigenvalue weighted by Crippen LogP contribution is -2.46. The zero-order valence-corrected chi connectivity index (χ0v) is 10.9. The first-order chi connectivity index (χ1) is 8.31. The van der Waals surface area contributed by atoms with Gasteiger partial charge >= 0.3 is 5.97 Å². The lowest BCUT2D eigenvalue weighted by molar-refractivity contribution is -0.146. The standard InChI is InChI=1S/C14H25NO2/c1-2-17-14(16)13-9-8-12(10-15-13)11-6-4-3-5-7-11/h11-13,15H,2-10H2,1H3/t12-,13-/m0/s1. The third kappa shape index (κ3) is 3.44. The van der Waals surface area contributed by atoms with E-state index in [4.69, 9.17) is 4.74 Å². The molecule has 0 bridgehead atoms. The molecular formula is C14H25NO2. The lowest BCUT2D eigenvalue weighted by Gasteiger charge is -2.35. The summed E-state index contributed by atoms with van der Waals surface area (Å²) in [6.07, 6.45) is 9.18. The van der Waals surface area contributed by atoms with Crippen molar-refractivity contribution in [2.45, 2.75) is 57.9 Å². The lowest BCUT2D eigenvalue weighted by atomic mass is 9.76. The summed E-state index contributed by atoms with van der Waals surface area (Å²) in [6, 6.07) is -0.0465. The van der Waals surface area contributed by atoms with E-state index in [0.29, 0.717) is 6.61 Å². The maximum absolute atomic E-state index is 11.6. The first-order valence-corrected chi connectivity index (χ1v) is 7.21. The molecule has 0 amide bonds. The van der Waals surface area contributed by atoms with Crippen molar-refractivity contribution in [1.82, 2.24) is 5.32 Å². The molecule has 0 spiro atoms. The average Bonchev–Trinajstić information content (AvgIpc) is 2.40. The summed E-state index contributed by atoms with van der Waals surface area (Å²) in [5, 5.41) is 3.38. The van der Waals surface area contributed by atoms with Crippen molar-refractivity contribution in [2.75, 3.05) is 13.2 Å². The molecule has 1 N–H and O–H groups in total. The van der Waals surface area contributed by atoms with Crippen LogP contribution in [0.2, 0.25) is 0 Å². The van der Waals surface area contributed by atoms with Gasteiger partial charge in [-0.2, -0.15) is 0 Å². The molecule has 1 heterocycles. The van der Waals surface area contributed by atoms with Crippen LogP contribution in [0.4, 0.5) is 0 Å². The van der Waals surface area contributed by atoms with Gasteiger partial charge in [-0.25, -0.2) is 0 Å². The van der Waals surface area contributed by atoms with Crippen molar-refractivity contribution in [3.63, 3.8) is 0 Å². The highest BCUT2D eigenvalue weighted by Gasteiger charge is 2.31. The minimum absolute atomic E-state index is 0.0465. The summed E-state index contributed by atoms with van der Waals surface area (Å²) in [7, 11) is 0. The van der Waals surface area contributed by atoms with Crippen LogP contribution in [-0.2, 0) is 9.53 Å². The molecule has 1 aliphatic heterocycles. The summed E-state index contributed by atoms with van der Waals surface area (Å²) < 4.78 is 5.06. The zero-order chi connectivity index (χ0) is 12.1. The Morgan fingerprint density at radius 1 is 1.12 bits per heavy atom. The van der Waals surface area contributed by atoms with E-state index in [1.54, 1.807) is 0 Å². The second kappa shape index (κ2) is 6.39. The molecule has 2 aliphatic rings. The third-order valence-electron chi connectivity index (χ3n) is 4.34. The maximum atomic E-state index is 11.6. The summed E-state index contributed by atoms with van der Waals surface area (Å²) in [5.41, 5.74) is 0. The van der Waals surface area contributed by atoms with Gasteiger partial charge in [0.25, 0.3) is 0 Å². The molecule has 2 fully saturated rings. The molecule has 1 saturated heterocycles. The average molecular weight is 239 g/mol. The molecule has 2 atom stereocenters. The summed E-state index contributed by atoms with van der Waals surface area (Å²) >= 11 is 0. The Hall–Kier alpha value is -0.570. The summed E-state index contributed by atoms with van der Waals surface area (Å²) in [6.45, 7) is 3.36. The molecule has 0 aromatic carbocycles. The van der Waals surface area contributed by atoms with Crippen molar-refractivity contribution >= 4 is 5.97 Å². The van der Waals surface area contributed by atoms with E-state index in [9.17, 15) is 4.79 Å². The number of rotatable bonds is 3. The number of hydrogen-bond donors (Lipinski definition) is 1. The van der Waals surface area contributed by atoms with E-state index in [1.807, 2.05) is 6.92 Å². The molecule has 98 valence electrons. The first kappa shape index (κ1) is 12.9. The fraction of sp³-hybridized carbons (Fsp3) is 0.929. The Kier molecular flexibility index (Phi) is 4.84. The van der Waals surface area contributed by atoms with E-state index in [1.165, 1.54) is 38.5 Å². The van der Waals surface area contributed by atoms with Crippen molar-refractivity contribution in [2.24, 2.45) is 11.8 Å². The summed E-state index contributed by atoms with van der Waals surface area (Å²) in [5.74, 6) is 1.63. The van der Waals surface area contributed by atoms with Gasteiger partial charge in [0.15, 0.2) is 0 Å². The second-order valence-corrected chi connectivity index (χ2v) is 5.45. The Balaban J connectivity index is 1.75. The molecule has 3 nitrogen and oxygen atoms in total. The Labute approximate surface area is 104 Å². The van der Waals surface area contributed by atoms with E-state index in [0.717, 1.165) is 24.8 Å². The second-order valence-electron chi connectivity index (χ2n) is 5.45. The number of esters is 1. The predicted molar refractivity (Wildman–Crippen MR) is 67.7 cm³/mol. The van der Waals surface area contributed by atoms with Gasteiger partial charge in [0.05, 0.1) is 6.61 Å². The van der Waals surface area contributed by atoms with Gasteiger partial charge < -0.3 is 10.1 Å². The van der Waals surface area contributed by atoms with Crippen molar-refractivity contribution in [1.29, 1.82) is 0 Å². The van der Waals surface area contributed by atoms with Crippen LogP contribution in [0.15, 0.2) is 0 Å². The van der Waals surface area contributed by atoms with Crippen molar-refractivity contribution < 1.29 is 9.53 Å². The van der Waals surface area contributed by atoms with E-state index < -0.39 is 0 Å². The molecular weight excluding hydrogens is 214 g/mol. The van der Waals surface area contributed by atoms with E-state index >= 15 is 0 Å². The van der Waals surface area contributed by atoms with Crippen LogP contribution >= 0.6 is 0 Å². The van der Waals surface area contributed by atoms with Crippen LogP contribution < -0.4 is 5.32 Å². The Bertz CT molecular complexity index is 241. The van der Waals surface area contributed by atoms with Crippen molar-refractivity contribution in [3.8, 4) is 0 Å². The highest BCUT2D eigenvalue weighted by atomic mass is 16.5. The normalized spacial score (nSPS) is 31.1. The number of carbonyl (C=O) groups is 1. The minimum Gasteiger partial charge on any atom is -0.465 e. The number of piperidine rings is 1. The van der Waals surface area contributed by atoms with Gasteiger partial charge in [-0.05, 0) is 38.1 Å². The Morgan fingerprint density at radius 2 is 1.88 bits per heavy atom. The van der Waals surface area contributed by atoms with Crippen LogP contribution in [-0.4, -0.2) is 25.2 Å². The fourth-order valence-electron chi connectivity index (χ4n) is 3.33. The quantitative estimate of drug-likeness (QED) is 0.769. The van der Waals surface area contributed by atoms with E-state index in [2.05, 4.69) is 5.32 Å². The van der Waals surface area contributed by atoms with Gasteiger partial charge in [-0.3, -0.25) is 4.79 Å². The fourth-order valence-corrected chi connectivity index (χ4v) is 3.33. The van der Waals surface area contributed by atoms with E-state index in [-0.39, 0.29) is 12.0 Å². The molecule has 17 heavy (non-hydrogen) atoms. The molecule has 2 rings (SSSR count). The van der Waals surface area contributed by atoms with Crippen LogP contribution in [0.1, 0.15) is 51.9 Å². The number of hydrogen-bond acceptors (Lipinski definition) is 3. The molecule has 3 heteroatoms. The predicted octanol–water partition coefficient (Wildman–Crippen LogP) is 2.50. The zero-order valence-electron chi connectivity index (χ0n) is 10.9. The van der Waals surface area contributed by atoms with Crippen LogP contribution in [0.3, 0.4) is 0 Å². The first-order valence-electron chi connectivity index (χ1n) is 7.21. The van der Waals surface area contributed by atoms with Crippen molar-refractivity contribution in [3.05, 3.63) is 0 Å². The molecule has 0 aromatic heterocycles. The minimum atomic E-state index is -0.0606. The SMILES string of the molecule is CCOC(=O)[C@@H]1CC[C@H](C2CCCCC2)CN1. The van der Waals surface area contributed by atoms with Crippen LogP contribution in [0, 0.1) is 11.8 Å². The van der Waals surface area contributed by atoms with Gasteiger partial charge in [-0.1, -0.05) is 32.1 Å². The van der Waals surface area contributed by atoms with Gasteiger partial charge in [0.1, 0.15) is 6.04 Å². The van der Waals surface area contributed by atoms with Gasteiger partial charge in [-0.15, -0.1) is 0 Å².